The Kier molecular flexibility index (Phi) is 5.09. The minimum Gasteiger partial charge on any atom is -0.324 e. The number of nitrogens with one attached hydrogen (secondary N) is 1. The largest absolute Gasteiger partial charge is 0.324 e. The zero-order valence-corrected chi connectivity index (χ0v) is 15.2. The van der Waals surface area contributed by atoms with Gasteiger partial charge in [-0.1, -0.05) is 52.3 Å². The van der Waals surface area contributed by atoms with Crippen LogP contribution in [0.25, 0.3) is 11.4 Å². The van der Waals surface area contributed by atoms with E-state index in [1.807, 2.05) is 42.5 Å². The van der Waals surface area contributed by atoms with E-state index in [1.54, 1.807) is 19.1 Å². The van der Waals surface area contributed by atoms with Gasteiger partial charge in [0, 0.05) is 27.5 Å². The number of hydrogen-bond donors (Lipinski definition) is 1. The standard InChI is InChI=1S/C19H16BrN3O2/c1-13-10-18(25)23(19(21-13)14-6-3-2-4-7-14)12-17(24)22-16-9-5-8-15(20)11-16/h2-11H,12H2,1H3,(H,22,24). The number of benzene rings is 2. The summed E-state index contributed by atoms with van der Waals surface area (Å²) in [7, 11) is 0. The third kappa shape index (κ3) is 4.22. The zero-order chi connectivity index (χ0) is 17.8. The van der Waals surface area contributed by atoms with Crippen LogP contribution in [0.3, 0.4) is 0 Å². The van der Waals surface area contributed by atoms with Crippen LogP contribution in [0.2, 0.25) is 0 Å². The van der Waals surface area contributed by atoms with Crippen molar-refractivity contribution in [2.45, 2.75) is 13.5 Å². The van der Waals surface area contributed by atoms with Gasteiger partial charge in [-0.05, 0) is 25.1 Å². The van der Waals surface area contributed by atoms with Crippen LogP contribution in [0.15, 0.2) is 69.9 Å². The van der Waals surface area contributed by atoms with Gasteiger partial charge in [-0.15, -0.1) is 0 Å². The lowest BCUT2D eigenvalue weighted by Crippen LogP contribution is -2.29. The molecule has 0 fully saturated rings. The summed E-state index contributed by atoms with van der Waals surface area (Å²) >= 11 is 3.36. The number of rotatable bonds is 4. The lowest BCUT2D eigenvalue weighted by atomic mass is 10.2. The van der Waals surface area contributed by atoms with Gasteiger partial charge < -0.3 is 5.32 Å². The molecule has 1 heterocycles. The van der Waals surface area contributed by atoms with Crippen molar-refractivity contribution in [1.29, 1.82) is 0 Å². The quantitative estimate of drug-likeness (QED) is 0.730. The molecule has 6 heteroatoms. The number of carbonyl (C=O) groups excluding carboxylic acids is 1. The molecule has 0 unspecified atom stereocenters. The monoisotopic (exact) mass is 397 g/mol. The van der Waals surface area contributed by atoms with E-state index in [9.17, 15) is 9.59 Å². The molecule has 0 aliphatic rings. The summed E-state index contributed by atoms with van der Waals surface area (Å²) in [6.07, 6.45) is 0. The summed E-state index contributed by atoms with van der Waals surface area (Å²) in [6, 6.07) is 18.1. The van der Waals surface area contributed by atoms with Crippen molar-refractivity contribution >= 4 is 27.5 Å². The molecule has 0 saturated carbocycles. The molecule has 0 radical (unpaired) electrons. The summed E-state index contributed by atoms with van der Waals surface area (Å²) in [5, 5.41) is 2.80. The van der Waals surface area contributed by atoms with Crippen LogP contribution in [0.4, 0.5) is 5.69 Å². The van der Waals surface area contributed by atoms with Crippen LogP contribution < -0.4 is 10.9 Å². The molecule has 0 bridgehead atoms. The van der Waals surface area contributed by atoms with Gasteiger partial charge in [0.25, 0.3) is 5.56 Å². The molecule has 5 nitrogen and oxygen atoms in total. The van der Waals surface area contributed by atoms with Crippen molar-refractivity contribution < 1.29 is 4.79 Å². The molecule has 0 aliphatic carbocycles. The van der Waals surface area contributed by atoms with Crippen molar-refractivity contribution in [1.82, 2.24) is 9.55 Å². The molecular formula is C19H16BrN3O2. The summed E-state index contributed by atoms with van der Waals surface area (Å²) in [5.74, 6) is 0.193. The number of aromatic nitrogens is 2. The first-order valence-corrected chi connectivity index (χ1v) is 8.51. The van der Waals surface area contributed by atoms with Crippen molar-refractivity contribution in [3.8, 4) is 11.4 Å². The van der Waals surface area contributed by atoms with Gasteiger partial charge in [0.15, 0.2) is 0 Å². The number of carbonyl (C=O) groups is 1. The number of amides is 1. The highest BCUT2D eigenvalue weighted by Gasteiger charge is 2.13. The van der Waals surface area contributed by atoms with Crippen LogP contribution in [0, 0.1) is 6.92 Å². The Hall–Kier alpha value is -2.73. The van der Waals surface area contributed by atoms with E-state index in [4.69, 9.17) is 0 Å². The number of aryl methyl sites for hydroxylation is 1. The highest BCUT2D eigenvalue weighted by atomic mass is 79.9. The summed E-state index contributed by atoms with van der Waals surface area (Å²) in [6.45, 7) is 1.66. The van der Waals surface area contributed by atoms with E-state index >= 15 is 0 Å². The zero-order valence-electron chi connectivity index (χ0n) is 13.6. The van der Waals surface area contributed by atoms with E-state index in [1.165, 1.54) is 10.6 Å². The van der Waals surface area contributed by atoms with Gasteiger partial charge in [0.05, 0.1) is 0 Å². The number of hydrogen-bond acceptors (Lipinski definition) is 3. The maximum absolute atomic E-state index is 12.4. The fourth-order valence-corrected chi connectivity index (χ4v) is 2.89. The molecule has 1 aromatic heterocycles. The second kappa shape index (κ2) is 7.44. The van der Waals surface area contributed by atoms with Crippen molar-refractivity contribution in [3.05, 3.63) is 81.2 Å². The first-order chi connectivity index (χ1) is 12.0. The number of halogens is 1. The van der Waals surface area contributed by atoms with Gasteiger partial charge in [-0.3, -0.25) is 14.2 Å². The maximum atomic E-state index is 12.4. The third-order valence-corrected chi connectivity index (χ3v) is 4.07. The molecule has 1 N–H and O–H groups in total. The minimum atomic E-state index is -0.289. The van der Waals surface area contributed by atoms with Crippen LogP contribution in [0.1, 0.15) is 5.69 Å². The Bertz CT molecular complexity index is 968. The molecule has 2 aromatic carbocycles. The van der Waals surface area contributed by atoms with E-state index in [-0.39, 0.29) is 18.0 Å². The Morgan fingerprint density at radius 1 is 1.12 bits per heavy atom. The molecule has 3 rings (SSSR count). The smallest absolute Gasteiger partial charge is 0.254 e. The maximum Gasteiger partial charge on any atom is 0.254 e. The Labute approximate surface area is 153 Å². The average molecular weight is 398 g/mol. The SMILES string of the molecule is Cc1cc(=O)n(CC(=O)Nc2cccc(Br)c2)c(-c2ccccc2)n1. The molecule has 126 valence electrons. The summed E-state index contributed by atoms with van der Waals surface area (Å²) < 4.78 is 2.25. The Morgan fingerprint density at radius 2 is 1.88 bits per heavy atom. The lowest BCUT2D eigenvalue weighted by molar-refractivity contribution is -0.116. The van der Waals surface area contributed by atoms with Gasteiger partial charge >= 0.3 is 0 Å². The molecule has 3 aromatic rings. The van der Waals surface area contributed by atoms with Gasteiger partial charge in [-0.25, -0.2) is 4.98 Å². The molecule has 1 amide bonds. The number of anilines is 1. The van der Waals surface area contributed by atoms with Crippen molar-refractivity contribution in [2.75, 3.05) is 5.32 Å². The van der Waals surface area contributed by atoms with Crippen LogP contribution in [-0.4, -0.2) is 15.5 Å². The second-order valence-electron chi connectivity index (χ2n) is 5.57. The van der Waals surface area contributed by atoms with E-state index in [0.29, 0.717) is 17.2 Å². The summed E-state index contributed by atoms with van der Waals surface area (Å²) in [5.41, 5.74) is 1.82. The minimum absolute atomic E-state index is 0.108. The Morgan fingerprint density at radius 3 is 2.60 bits per heavy atom. The van der Waals surface area contributed by atoms with E-state index in [0.717, 1.165) is 10.0 Å². The van der Waals surface area contributed by atoms with Crippen LogP contribution in [-0.2, 0) is 11.3 Å². The van der Waals surface area contributed by atoms with Gasteiger partial charge in [0.2, 0.25) is 5.91 Å². The molecule has 0 aliphatic heterocycles. The molecule has 0 saturated heterocycles. The predicted molar refractivity (Wildman–Crippen MR) is 101 cm³/mol. The first kappa shape index (κ1) is 17.1. The van der Waals surface area contributed by atoms with Gasteiger partial charge in [0.1, 0.15) is 12.4 Å². The van der Waals surface area contributed by atoms with E-state index < -0.39 is 0 Å². The van der Waals surface area contributed by atoms with Crippen molar-refractivity contribution in [2.24, 2.45) is 0 Å². The molecular weight excluding hydrogens is 382 g/mol. The summed E-state index contributed by atoms with van der Waals surface area (Å²) in [4.78, 5) is 29.3. The highest BCUT2D eigenvalue weighted by Crippen LogP contribution is 2.17. The lowest BCUT2D eigenvalue weighted by Gasteiger charge is -2.13. The molecule has 25 heavy (non-hydrogen) atoms. The first-order valence-electron chi connectivity index (χ1n) is 7.72. The third-order valence-electron chi connectivity index (χ3n) is 3.58. The fourth-order valence-electron chi connectivity index (χ4n) is 2.49. The number of nitrogens with zero attached hydrogens (tertiary/aromatic N) is 2. The molecule has 0 atom stereocenters. The second-order valence-corrected chi connectivity index (χ2v) is 6.49. The fraction of sp³-hybridized carbons (Fsp3) is 0.105. The van der Waals surface area contributed by atoms with Crippen LogP contribution >= 0.6 is 15.9 Å². The van der Waals surface area contributed by atoms with E-state index in [2.05, 4.69) is 26.2 Å². The van der Waals surface area contributed by atoms with Gasteiger partial charge in [-0.2, -0.15) is 0 Å². The Balaban J connectivity index is 1.92. The predicted octanol–water partition coefficient (Wildman–Crippen LogP) is 3.62. The topological polar surface area (TPSA) is 64.0 Å². The average Bonchev–Trinajstić information content (AvgIpc) is 2.58. The van der Waals surface area contributed by atoms with Crippen molar-refractivity contribution in [3.63, 3.8) is 0 Å². The normalized spacial score (nSPS) is 10.5. The highest BCUT2D eigenvalue weighted by molar-refractivity contribution is 9.10. The van der Waals surface area contributed by atoms with Crippen LogP contribution in [0.5, 0.6) is 0 Å². The molecule has 0 spiro atoms.